The molecule has 1 amide bonds. The number of alkyl halides is 3. The van der Waals surface area contributed by atoms with Gasteiger partial charge in [0, 0.05) is 38.4 Å². The molecule has 0 N–H and O–H groups in total. The van der Waals surface area contributed by atoms with Crippen LogP contribution in [-0.4, -0.2) is 59.9 Å². The molecule has 0 unspecified atom stereocenters. The van der Waals surface area contributed by atoms with Crippen LogP contribution in [0, 0.1) is 0 Å². The van der Waals surface area contributed by atoms with Gasteiger partial charge in [0.25, 0.3) is 0 Å². The number of aromatic nitrogens is 1. The van der Waals surface area contributed by atoms with E-state index in [-0.39, 0.29) is 25.8 Å². The third-order valence-corrected chi connectivity index (χ3v) is 6.98. The van der Waals surface area contributed by atoms with Gasteiger partial charge in [0.15, 0.2) is 11.5 Å². The zero-order valence-electron chi connectivity index (χ0n) is 21.2. The molecule has 1 fully saturated rings. The number of halogens is 3. The van der Waals surface area contributed by atoms with E-state index >= 15 is 0 Å². The van der Waals surface area contributed by atoms with E-state index in [0.717, 1.165) is 11.6 Å². The molecule has 2 aromatic rings. The monoisotopic (exact) mass is 509 g/mol. The molecule has 3 heterocycles. The van der Waals surface area contributed by atoms with Crippen LogP contribution in [0.2, 0.25) is 0 Å². The Morgan fingerprint density at radius 1 is 1.06 bits per heavy atom. The summed E-state index contributed by atoms with van der Waals surface area (Å²) in [5.41, 5.74) is 0.0775. The van der Waals surface area contributed by atoms with Crippen LogP contribution in [0.25, 0.3) is 0 Å². The number of ether oxygens (including phenoxy) is 3. The second-order valence-corrected chi connectivity index (χ2v) is 9.56. The summed E-state index contributed by atoms with van der Waals surface area (Å²) in [6.45, 7) is 8.01. The van der Waals surface area contributed by atoms with E-state index in [1.807, 2.05) is 32.0 Å². The smallest absolute Gasteiger partial charge is 0.431 e. The highest BCUT2D eigenvalue weighted by molar-refractivity contribution is 5.69. The molecule has 1 aromatic carbocycles. The summed E-state index contributed by atoms with van der Waals surface area (Å²) in [5, 5.41) is 0. The highest BCUT2D eigenvalue weighted by atomic mass is 19.4. The second kappa shape index (κ2) is 10.2. The number of benzene rings is 1. The highest BCUT2D eigenvalue weighted by Crippen LogP contribution is 2.45. The summed E-state index contributed by atoms with van der Waals surface area (Å²) in [7, 11) is 1.61. The summed E-state index contributed by atoms with van der Waals surface area (Å²) in [5.74, 6) is 1.34. The number of methoxy groups -OCH3 is 1. The van der Waals surface area contributed by atoms with Gasteiger partial charge in [0.2, 0.25) is 0 Å². The van der Waals surface area contributed by atoms with Crippen LogP contribution >= 0.6 is 0 Å². The third kappa shape index (κ3) is 5.00. The van der Waals surface area contributed by atoms with Gasteiger partial charge >= 0.3 is 12.3 Å². The number of carbonyl (C=O) groups is 1. The summed E-state index contributed by atoms with van der Waals surface area (Å²) < 4.78 is 58.9. The quantitative estimate of drug-likeness (QED) is 0.531. The van der Waals surface area contributed by atoms with Crippen molar-refractivity contribution in [3.8, 4) is 11.5 Å². The predicted octanol–water partition coefficient (Wildman–Crippen LogP) is 5.27. The molecule has 198 valence electrons. The van der Waals surface area contributed by atoms with Crippen molar-refractivity contribution in [2.45, 2.75) is 64.5 Å². The van der Waals surface area contributed by atoms with Gasteiger partial charge in [-0.1, -0.05) is 6.07 Å². The minimum Gasteiger partial charge on any atom is -0.493 e. The van der Waals surface area contributed by atoms with Crippen molar-refractivity contribution >= 4 is 6.09 Å². The van der Waals surface area contributed by atoms with E-state index in [9.17, 15) is 18.0 Å². The van der Waals surface area contributed by atoms with Crippen LogP contribution in [0.5, 0.6) is 11.5 Å². The summed E-state index contributed by atoms with van der Waals surface area (Å²) in [6.07, 6.45) is -3.87. The molecular formula is C26H34F3N3O4. The van der Waals surface area contributed by atoms with Gasteiger partial charge < -0.3 is 18.8 Å². The van der Waals surface area contributed by atoms with E-state index in [2.05, 4.69) is 4.90 Å². The maximum absolute atomic E-state index is 13.7. The Kier molecular flexibility index (Phi) is 7.45. The largest absolute Gasteiger partial charge is 0.493 e. The van der Waals surface area contributed by atoms with E-state index in [1.165, 1.54) is 10.6 Å². The molecule has 0 saturated carbocycles. The Morgan fingerprint density at radius 3 is 2.39 bits per heavy atom. The fourth-order valence-corrected chi connectivity index (χ4v) is 5.41. The number of rotatable bonds is 6. The second-order valence-electron chi connectivity index (χ2n) is 9.56. The lowest BCUT2D eigenvalue weighted by molar-refractivity contribution is -0.144. The Bertz CT molecular complexity index is 1070. The minimum absolute atomic E-state index is 0.0256. The molecule has 0 radical (unpaired) electrons. The molecule has 1 saturated heterocycles. The Hall–Kier alpha value is -2.88. The number of amides is 1. The molecular weight excluding hydrogens is 475 g/mol. The minimum atomic E-state index is -4.45. The van der Waals surface area contributed by atoms with Gasteiger partial charge in [-0.2, -0.15) is 13.2 Å². The lowest BCUT2D eigenvalue weighted by atomic mass is 9.81. The first-order chi connectivity index (χ1) is 17.1. The highest BCUT2D eigenvalue weighted by Gasteiger charge is 2.50. The van der Waals surface area contributed by atoms with Crippen molar-refractivity contribution in [2.75, 3.05) is 33.4 Å². The number of hydrogen-bond donors (Lipinski definition) is 0. The van der Waals surface area contributed by atoms with E-state index in [1.54, 1.807) is 18.9 Å². The van der Waals surface area contributed by atoms with Gasteiger partial charge in [-0.25, -0.2) is 4.79 Å². The third-order valence-electron chi connectivity index (χ3n) is 6.98. The molecule has 2 aliphatic rings. The van der Waals surface area contributed by atoms with Gasteiger partial charge in [0.05, 0.1) is 25.4 Å². The molecule has 1 aromatic heterocycles. The number of piperidine rings is 1. The summed E-state index contributed by atoms with van der Waals surface area (Å²) in [6, 6.07) is 8.51. The molecule has 4 rings (SSSR count). The zero-order chi connectivity index (χ0) is 26.1. The molecule has 0 bridgehead atoms. The van der Waals surface area contributed by atoms with Crippen LogP contribution in [0.1, 0.15) is 50.6 Å². The first-order valence-electron chi connectivity index (χ1n) is 12.4. The van der Waals surface area contributed by atoms with E-state index in [0.29, 0.717) is 49.7 Å². The van der Waals surface area contributed by atoms with Gasteiger partial charge in [-0.05, 0) is 63.4 Å². The zero-order valence-corrected chi connectivity index (χ0v) is 21.2. The molecule has 0 atom stereocenters. The Balaban J connectivity index is 1.56. The van der Waals surface area contributed by atoms with Crippen LogP contribution in [0.3, 0.4) is 0 Å². The number of fused-ring (bicyclic) bond motifs is 2. The molecule has 10 heteroatoms. The van der Waals surface area contributed by atoms with Crippen molar-refractivity contribution in [3.05, 3.63) is 47.3 Å². The average molecular weight is 510 g/mol. The maximum atomic E-state index is 13.7. The van der Waals surface area contributed by atoms with Crippen molar-refractivity contribution < 1.29 is 32.2 Å². The van der Waals surface area contributed by atoms with Crippen LogP contribution < -0.4 is 9.47 Å². The van der Waals surface area contributed by atoms with Crippen LogP contribution in [-0.2, 0) is 29.5 Å². The Labute approximate surface area is 209 Å². The maximum Gasteiger partial charge on any atom is 0.431 e. The number of likely N-dealkylation sites (tertiary alicyclic amines) is 1. The van der Waals surface area contributed by atoms with E-state index < -0.39 is 23.5 Å². The van der Waals surface area contributed by atoms with Gasteiger partial charge in [-0.3, -0.25) is 9.80 Å². The molecule has 0 aliphatic carbocycles. The van der Waals surface area contributed by atoms with Gasteiger partial charge in [-0.15, -0.1) is 0 Å². The summed E-state index contributed by atoms with van der Waals surface area (Å²) >= 11 is 0. The molecule has 1 spiro atoms. The average Bonchev–Trinajstić information content (AvgIpc) is 3.27. The molecule has 2 aliphatic heterocycles. The lowest BCUT2D eigenvalue weighted by Gasteiger charge is -2.51. The number of carbonyl (C=O) groups excluding carboxylic acids is 1. The standard InChI is InChI=1S/C26H34F3N3O4/c1-5-35-24(33)32-15-14-31-22(8-9-23(31)26(27,28)29)25(32)10-12-30(13-11-25)17-19-6-7-20(36-18(2)3)21(16-19)34-4/h6-9,16,18H,5,10-15,17H2,1-4H3. The summed E-state index contributed by atoms with van der Waals surface area (Å²) in [4.78, 5) is 16.8. The van der Waals surface area contributed by atoms with Crippen molar-refractivity contribution in [1.29, 1.82) is 0 Å². The predicted molar refractivity (Wildman–Crippen MR) is 128 cm³/mol. The van der Waals surface area contributed by atoms with Crippen LogP contribution in [0.15, 0.2) is 30.3 Å². The van der Waals surface area contributed by atoms with Gasteiger partial charge in [0.1, 0.15) is 5.69 Å². The fraction of sp³-hybridized carbons (Fsp3) is 0.577. The topological polar surface area (TPSA) is 56.2 Å². The van der Waals surface area contributed by atoms with Crippen LogP contribution in [0.4, 0.5) is 18.0 Å². The number of nitrogens with zero attached hydrogens (tertiary/aromatic N) is 3. The van der Waals surface area contributed by atoms with Crippen molar-refractivity contribution in [3.63, 3.8) is 0 Å². The Morgan fingerprint density at radius 2 is 1.78 bits per heavy atom. The molecule has 36 heavy (non-hydrogen) atoms. The fourth-order valence-electron chi connectivity index (χ4n) is 5.41. The normalized spacial score (nSPS) is 17.8. The molecule has 7 nitrogen and oxygen atoms in total. The number of hydrogen-bond acceptors (Lipinski definition) is 5. The van der Waals surface area contributed by atoms with E-state index in [4.69, 9.17) is 14.2 Å². The van der Waals surface area contributed by atoms with Crippen molar-refractivity contribution in [1.82, 2.24) is 14.4 Å². The lowest BCUT2D eigenvalue weighted by Crippen LogP contribution is -2.59. The first-order valence-corrected chi connectivity index (χ1v) is 12.4. The first kappa shape index (κ1) is 26.2. The van der Waals surface area contributed by atoms with Crippen molar-refractivity contribution in [2.24, 2.45) is 0 Å². The SMILES string of the molecule is CCOC(=O)N1CCn2c(C(F)(F)F)ccc2C12CCN(Cc1ccc(OC(C)C)c(OC)c1)CC2.